The summed E-state index contributed by atoms with van der Waals surface area (Å²) in [5, 5.41) is 3.06. The van der Waals surface area contributed by atoms with Crippen molar-refractivity contribution < 1.29 is 4.79 Å². The minimum Gasteiger partial charge on any atom is -0.397 e. The summed E-state index contributed by atoms with van der Waals surface area (Å²) in [5.74, 6) is 0.710. The number of amides is 1. The number of aryl methyl sites for hydroxylation is 1. The molecule has 3 N–H and O–H groups in total. The second-order valence-corrected chi connectivity index (χ2v) is 4.86. The lowest BCUT2D eigenvalue weighted by Crippen LogP contribution is -2.33. The van der Waals surface area contributed by atoms with Crippen molar-refractivity contribution in [3.63, 3.8) is 0 Å². The number of hydrogen-bond acceptors (Lipinski definition) is 2. The normalized spacial score (nSPS) is 24.6. The first-order valence-corrected chi connectivity index (χ1v) is 5.79. The molecule has 1 aliphatic rings. The van der Waals surface area contributed by atoms with E-state index in [1.54, 1.807) is 16.8 Å². The Morgan fingerprint density at radius 1 is 1.56 bits per heavy atom. The summed E-state index contributed by atoms with van der Waals surface area (Å²) in [6.45, 7) is 2.23. The first-order chi connectivity index (χ1) is 7.56. The molecule has 1 aromatic rings. The van der Waals surface area contributed by atoms with E-state index in [2.05, 4.69) is 12.2 Å². The first kappa shape index (κ1) is 11.0. The molecule has 0 bridgehead atoms. The SMILES string of the molecule is CC1CCC(NC(=O)c2cc(N)cn2C)C1. The Bertz CT molecular complexity index is 397. The van der Waals surface area contributed by atoms with Crippen LogP contribution in [0.25, 0.3) is 0 Å². The number of carbonyl (C=O) groups excluding carboxylic acids is 1. The quantitative estimate of drug-likeness (QED) is 0.795. The second kappa shape index (κ2) is 4.20. The molecule has 0 aliphatic heterocycles. The molecule has 2 atom stereocenters. The summed E-state index contributed by atoms with van der Waals surface area (Å²) in [4.78, 5) is 12.0. The molecule has 1 amide bonds. The smallest absolute Gasteiger partial charge is 0.268 e. The molecule has 4 nitrogen and oxygen atoms in total. The minimum absolute atomic E-state index is 0.0155. The zero-order valence-corrected chi connectivity index (χ0v) is 9.86. The number of nitrogens with zero attached hydrogens (tertiary/aromatic N) is 1. The van der Waals surface area contributed by atoms with E-state index in [4.69, 9.17) is 5.73 Å². The van der Waals surface area contributed by atoms with E-state index in [1.807, 2.05) is 7.05 Å². The summed E-state index contributed by atoms with van der Waals surface area (Å²) >= 11 is 0. The molecule has 16 heavy (non-hydrogen) atoms. The van der Waals surface area contributed by atoms with E-state index in [0.29, 0.717) is 17.4 Å². The fourth-order valence-electron chi connectivity index (χ4n) is 2.41. The van der Waals surface area contributed by atoms with Gasteiger partial charge in [0.2, 0.25) is 0 Å². The van der Waals surface area contributed by atoms with E-state index in [0.717, 1.165) is 18.8 Å². The number of aromatic nitrogens is 1. The molecule has 2 rings (SSSR count). The lowest BCUT2D eigenvalue weighted by atomic mass is 10.1. The summed E-state index contributed by atoms with van der Waals surface area (Å²) in [7, 11) is 1.84. The third kappa shape index (κ3) is 2.21. The number of carbonyl (C=O) groups is 1. The molecule has 1 fully saturated rings. The fraction of sp³-hybridized carbons (Fsp3) is 0.583. The second-order valence-electron chi connectivity index (χ2n) is 4.86. The third-order valence-corrected chi connectivity index (χ3v) is 3.29. The van der Waals surface area contributed by atoms with E-state index < -0.39 is 0 Å². The van der Waals surface area contributed by atoms with Gasteiger partial charge in [-0.25, -0.2) is 0 Å². The number of nitrogens with two attached hydrogens (primary N) is 1. The van der Waals surface area contributed by atoms with Crippen molar-refractivity contribution in [3.05, 3.63) is 18.0 Å². The van der Waals surface area contributed by atoms with Crippen LogP contribution in [0, 0.1) is 5.92 Å². The van der Waals surface area contributed by atoms with Crippen LogP contribution in [0.2, 0.25) is 0 Å². The van der Waals surface area contributed by atoms with Gasteiger partial charge in [0.15, 0.2) is 0 Å². The van der Waals surface area contributed by atoms with E-state index in [9.17, 15) is 4.79 Å². The molecule has 0 aromatic carbocycles. The van der Waals surface area contributed by atoms with Crippen LogP contribution < -0.4 is 11.1 Å². The summed E-state index contributed by atoms with van der Waals surface area (Å²) in [6.07, 6.45) is 5.14. The zero-order chi connectivity index (χ0) is 11.7. The molecule has 1 aromatic heterocycles. The van der Waals surface area contributed by atoms with Crippen LogP contribution in [0.3, 0.4) is 0 Å². The van der Waals surface area contributed by atoms with Gasteiger partial charge < -0.3 is 15.6 Å². The van der Waals surface area contributed by atoms with Gasteiger partial charge in [0.25, 0.3) is 5.91 Å². The Balaban J connectivity index is 2.00. The Hall–Kier alpha value is -1.45. The average Bonchev–Trinajstić information content (AvgIpc) is 2.73. The van der Waals surface area contributed by atoms with Crippen molar-refractivity contribution in [1.82, 2.24) is 9.88 Å². The topological polar surface area (TPSA) is 60.1 Å². The van der Waals surface area contributed by atoms with Crippen molar-refractivity contribution in [3.8, 4) is 0 Å². The highest BCUT2D eigenvalue weighted by molar-refractivity contribution is 5.94. The maximum Gasteiger partial charge on any atom is 0.268 e. The number of nitrogen functional groups attached to an aromatic ring is 1. The van der Waals surface area contributed by atoms with E-state index in [-0.39, 0.29) is 5.91 Å². The lowest BCUT2D eigenvalue weighted by Gasteiger charge is -2.12. The van der Waals surface area contributed by atoms with E-state index in [1.165, 1.54) is 6.42 Å². The van der Waals surface area contributed by atoms with Crippen LogP contribution in [-0.4, -0.2) is 16.5 Å². The summed E-state index contributed by atoms with van der Waals surface area (Å²) in [6, 6.07) is 2.05. The third-order valence-electron chi connectivity index (χ3n) is 3.29. The number of rotatable bonds is 2. The molecular weight excluding hydrogens is 202 g/mol. The Kier molecular flexibility index (Phi) is 2.90. The molecule has 88 valence electrons. The molecule has 0 radical (unpaired) electrons. The number of hydrogen-bond donors (Lipinski definition) is 2. The van der Waals surface area contributed by atoms with Crippen molar-refractivity contribution in [1.29, 1.82) is 0 Å². The Labute approximate surface area is 95.8 Å². The van der Waals surface area contributed by atoms with Gasteiger partial charge in [0.05, 0.1) is 5.69 Å². The number of anilines is 1. The first-order valence-electron chi connectivity index (χ1n) is 5.79. The highest BCUT2D eigenvalue weighted by Gasteiger charge is 2.23. The van der Waals surface area contributed by atoms with Gasteiger partial charge in [0, 0.05) is 19.3 Å². The fourth-order valence-corrected chi connectivity index (χ4v) is 2.41. The molecule has 1 aliphatic carbocycles. The van der Waals surface area contributed by atoms with Crippen LogP contribution in [0.15, 0.2) is 12.3 Å². The van der Waals surface area contributed by atoms with Crippen LogP contribution in [0.4, 0.5) is 5.69 Å². The molecule has 4 heteroatoms. The highest BCUT2D eigenvalue weighted by Crippen LogP contribution is 2.24. The van der Waals surface area contributed by atoms with Gasteiger partial charge in [-0.3, -0.25) is 4.79 Å². The van der Waals surface area contributed by atoms with Crippen molar-refractivity contribution in [2.24, 2.45) is 13.0 Å². The van der Waals surface area contributed by atoms with Crippen LogP contribution >= 0.6 is 0 Å². The van der Waals surface area contributed by atoms with Gasteiger partial charge in [-0.05, 0) is 31.2 Å². The van der Waals surface area contributed by atoms with Crippen LogP contribution in [0.1, 0.15) is 36.7 Å². The minimum atomic E-state index is -0.0155. The molecule has 1 heterocycles. The average molecular weight is 221 g/mol. The molecule has 1 saturated carbocycles. The van der Waals surface area contributed by atoms with Crippen molar-refractivity contribution in [2.75, 3.05) is 5.73 Å². The Morgan fingerprint density at radius 2 is 2.31 bits per heavy atom. The predicted molar refractivity (Wildman–Crippen MR) is 64.1 cm³/mol. The molecule has 0 saturated heterocycles. The van der Waals surface area contributed by atoms with Crippen molar-refractivity contribution in [2.45, 2.75) is 32.2 Å². The standard InChI is InChI=1S/C12H19N3O/c1-8-3-4-10(5-8)14-12(16)11-6-9(13)7-15(11)2/h6-8,10H,3-5,13H2,1-2H3,(H,14,16). The van der Waals surface area contributed by atoms with Crippen LogP contribution in [0.5, 0.6) is 0 Å². The summed E-state index contributed by atoms with van der Waals surface area (Å²) in [5.41, 5.74) is 6.91. The van der Waals surface area contributed by atoms with E-state index >= 15 is 0 Å². The van der Waals surface area contributed by atoms with Gasteiger partial charge in [-0.1, -0.05) is 6.92 Å². The number of nitrogens with one attached hydrogen (secondary N) is 1. The van der Waals surface area contributed by atoms with Crippen LogP contribution in [-0.2, 0) is 7.05 Å². The zero-order valence-electron chi connectivity index (χ0n) is 9.86. The van der Waals surface area contributed by atoms with Gasteiger partial charge in [-0.15, -0.1) is 0 Å². The summed E-state index contributed by atoms with van der Waals surface area (Å²) < 4.78 is 1.77. The lowest BCUT2D eigenvalue weighted by molar-refractivity contribution is 0.0929. The van der Waals surface area contributed by atoms with Gasteiger partial charge in [-0.2, -0.15) is 0 Å². The maximum atomic E-state index is 12.0. The largest absolute Gasteiger partial charge is 0.397 e. The maximum absolute atomic E-state index is 12.0. The monoisotopic (exact) mass is 221 g/mol. The highest BCUT2D eigenvalue weighted by atomic mass is 16.2. The van der Waals surface area contributed by atoms with Gasteiger partial charge in [0.1, 0.15) is 5.69 Å². The Morgan fingerprint density at radius 3 is 2.81 bits per heavy atom. The molecular formula is C12H19N3O. The molecule has 0 spiro atoms. The van der Waals surface area contributed by atoms with Crippen molar-refractivity contribution >= 4 is 11.6 Å². The predicted octanol–water partition coefficient (Wildman–Crippen LogP) is 1.53. The molecule has 2 unspecified atom stereocenters. The van der Waals surface area contributed by atoms with Gasteiger partial charge >= 0.3 is 0 Å².